The van der Waals surface area contributed by atoms with Crippen molar-refractivity contribution in [3.8, 4) is 17.0 Å². The minimum atomic E-state index is 0. The van der Waals surface area contributed by atoms with Crippen LogP contribution in [0.2, 0.25) is 0 Å². The van der Waals surface area contributed by atoms with Gasteiger partial charge in [0.2, 0.25) is 0 Å². The lowest BCUT2D eigenvalue weighted by atomic mass is 10.1. The number of benzene rings is 2. The van der Waals surface area contributed by atoms with Gasteiger partial charge in [-0.2, -0.15) is 0 Å². The Balaban J connectivity index is 0.00000300. The zero-order chi connectivity index (χ0) is 19.8. The Labute approximate surface area is 189 Å². The maximum absolute atomic E-state index is 5.47. The molecule has 3 N–H and O–H groups in total. The predicted octanol–water partition coefficient (Wildman–Crippen LogP) is 4.27. The quantitative estimate of drug-likeness (QED) is 0.255. The highest BCUT2D eigenvalue weighted by Gasteiger charge is 2.06. The first-order chi connectivity index (χ1) is 13.7. The van der Waals surface area contributed by atoms with E-state index in [1.807, 2.05) is 44.3 Å². The molecule has 0 aliphatic rings. The van der Waals surface area contributed by atoms with Crippen molar-refractivity contribution in [1.82, 2.24) is 20.6 Å². The van der Waals surface area contributed by atoms with Gasteiger partial charge >= 0.3 is 0 Å². The minimum Gasteiger partial charge on any atom is -0.496 e. The summed E-state index contributed by atoms with van der Waals surface area (Å²) >= 11 is 0. The van der Waals surface area contributed by atoms with E-state index >= 15 is 0 Å². The van der Waals surface area contributed by atoms with Crippen molar-refractivity contribution in [3.05, 3.63) is 71.7 Å². The van der Waals surface area contributed by atoms with E-state index in [4.69, 9.17) is 4.74 Å². The summed E-state index contributed by atoms with van der Waals surface area (Å²) in [7, 11) is 1.69. The Kier molecular flexibility index (Phi) is 8.98. The Hall–Kier alpha value is -2.55. The second-order valence-electron chi connectivity index (χ2n) is 6.47. The number of aryl methyl sites for hydroxylation is 1. The van der Waals surface area contributed by atoms with E-state index in [9.17, 15) is 0 Å². The van der Waals surface area contributed by atoms with E-state index in [0.717, 1.165) is 40.9 Å². The molecule has 0 spiro atoms. The van der Waals surface area contributed by atoms with Crippen LogP contribution in [0, 0.1) is 6.92 Å². The number of aromatic nitrogens is 2. The molecule has 29 heavy (non-hydrogen) atoms. The third-order valence-electron chi connectivity index (χ3n) is 4.33. The number of hydrogen-bond acceptors (Lipinski definition) is 3. The van der Waals surface area contributed by atoms with Crippen molar-refractivity contribution in [2.75, 3.05) is 13.7 Å². The highest BCUT2D eigenvalue weighted by Crippen LogP contribution is 2.20. The van der Waals surface area contributed by atoms with Crippen molar-refractivity contribution in [2.45, 2.75) is 26.9 Å². The van der Waals surface area contributed by atoms with E-state index in [1.165, 1.54) is 5.56 Å². The Bertz CT molecular complexity index is 924. The molecular formula is C22H28IN5O. The lowest BCUT2D eigenvalue weighted by molar-refractivity contribution is 0.409. The van der Waals surface area contributed by atoms with Crippen LogP contribution in [0.25, 0.3) is 11.3 Å². The largest absolute Gasteiger partial charge is 0.496 e. The summed E-state index contributed by atoms with van der Waals surface area (Å²) in [6.07, 6.45) is 1.85. The Morgan fingerprint density at radius 2 is 1.93 bits per heavy atom. The molecule has 3 rings (SSSR count). The fraction of sp³-hybridized carbons (Fsp3) is 0.273. The van der Waals surface area contributed by atoms with Gasteiger partial charge in [0.1, 0.15) is 11.6 Å². The van der Waals surface area contributed by atoms with Gasteiger partial charge in [-0.3, -0.25) is 0 Å². The highest BCUT2D eigenvalue weighted by atomic mass is 127. The number of H-pyrrole nitrogens is 1. The number of aromatic amines is 1. The molecule has 0 bridgehead atoms. The molecule has 1 heterocycles. The molecule has 7 heteroatoms. The van der Waals surface area contributed by atoms with Crippen molar-refractivity contribution >= 4 is 29.9 Å². The summed E-state index contributed by atoms with van der Waals surface area (Å²) in [5.74, 6) is 2.46. The summed E-state index contributed by atoms with van der Waals surface area (Å²) in [6, 6.07) is 16.3. The molecule has 1 aromatic heterocycles. The molecule has 0 saturated heterocycles. The van der Waals surface area contributed by atoms with E-state index in [-0.39, 0.29) is 24.0 Å². The topological polar surface area (TPSA) is 74.3 Å². The van der Waals surface area contributed by atoms with E-state index in [1.54, 1.807) is 7.11 Å². The van der Waals surface area contributed by atoms with Crippen LogP contribution < -0.4 is 15.4 Å². The van der Waals surface area contributed by atoms with Crippen LogP contribution in [0.1, 0.15) is 23.9 Å². The molecule has 3 aromatic rings. The molecule has 2 aromatic carbocycles. The molecule has 0 amide bonds. The smallest absolute Gasteiger partial charge is 0.191 e. The lowest BCUT2D eigenvalue weighted by Gasteiger charge is -2.12. The number of guanidine groups is 1. The summed E-state index contributed by atoms with van der Waals surface area (Å²) in [4.78, 5) is 12.5. The predicted molar refractivity (Wildman–Crippen MR) is 129 cm³/mol. The minimum absolute atomic E-state index is 0. The SMILES string of the molecule is CCNC(=NCc1ccc(C)cc1OC)NCc1ncc(-c2ccccc2)[nH]1.I. The number of hydrogen-bond donors (Lipinski definition) is 3. The number of nitrogens with one attached hydrogen (secondary N) is 3. The van der Waals surface area contributed by atoms with Crippen LogP contribution in [0.15, 0.2) is 59.7 Å². The van der Waals surface area contributed by atoms with Gasteiger partial charge in [0.25, 0.3) is 0 Å². The normalized spacial score (nSPS) is 10.9. The van der Waals surface area contributed by atoms with Gasteiger partial charge in [0.15, 0.2) is 5.96 Å². The number of aliphatic imine (C=N–C) groups is 1. The van der Waals surface area contributed by atoms with Crippen molar-refractivity contribution in [2.24, 2.45) is 4.99 Å². The summed E-state index contributed by atoms with van der Waals surface area (Å²) in [6.45, 7) is 5.97. The lowest BCUT2D eigenvalue weighted by Crippen LogP contribution is -2.37. The average molecular weight is 505 g/mol. The van der Waals surface area contributed by atoms with Crippen LogP contribution >= 0.6 is 24.0 Å². The van der Waals surface area contributed by atoms with Crippen molar-refractivity contribution < 1.29 is 4.74 Å². The standard InChI is InChI=1S/C22H27N5O.HI/c1-4-23-22(25-13-18-11-10-16(2)12-20(18)28-3)26-15-21-24-14-19(27-21)17-8-6-5-7-9-17;/h5-12,14H,4,13,15H2,1-3H3,(H,24,27)(H2,23,25,26);1H. The van der Waals surface area contributed by atoms with Gasteiger partial charge in [-0.25, -0.2) is 9.98 Å². The molecule has 0 atom stereocenters. The molecule has 0 aliphatic heterocycles. The number of imidazole rings is 1. The molecular weight excluding hydrogens is 477 g/mol. The van der Waals surface area contributed by atoms with Gasteiger partial charge in [-0.1, -0.05) is 42.5 Å². The maximum atomic E-state index is 5.47. The first-order valence-corrected chi connectivity index (χ1v) is 9.44. The molecule has 0 saturated carbocycles. The van der Waals surface area contributed by atoms with E-state index in [2.05, 4.69) is 49.9 Å². The Morgan fingerprint density at radius 1 is 1.14 bits per heavy atom. The van der Waals surface area contributed by atoms with Crippen LogP contribution in [0.5, 0.6) is 5.75 Å². The summed E-state index contributed by atoms with van der Waals surface area (Å²) in [5.41, 5.74) is 4.34. The number of methoxy groups -OCH3 is 1. The second-order valence-corrected chi connectivity index (χ2v) is 6.47. The first-order valence-electron chi connectivity index (χ1n) is 9.44. The first kappa shape index (κ1) is 22.7. The number of halogens is 1. The zero-order valence-corrected chi connectivity index (χ0v) is 19.4. The van der Waals surface area contributed by atoms with Gasteiger partial charge in [-0.05, 0) is 31.0 Å². The van der Waals surface area contributed by atoms with Crippen molar-refractivity contribution in [1.29, 1.82) is 0 Å². The van der Waals surface area contributed by atoms with Crippen LogP contribution in [-0.4, -0.2) is 29.6 Å². The molecule has 0 fully saturated rings. The van der Waals surface area contributed by atoms with Crippen LogP contribution in [-0.2, 0) is 13.1 Å². The molecule has 0 unspecified atom stereocenters. The maximum Gasteiger partial charge on any atom is 0.191 e. The van der Waals surface area contributed by atoms with Gasteiger partial charge in [0, 0.05) is 12.1 Å². The number of nitrogens with zero attached hydrogens (tertiary/aromatic N) is 2. The van der Waals surface area contributed by atoms with Gasteiger partial charge < -0.3 is 20.4 Å². The van der Waals surface area contributed by atoms with E-state index in [0.29, 0.717) is 13.1 Å². The number of rotatable bonds is 7. The fourth-order valence-electron chi connectivity index (χ4n) is 2.87. The summed E-state index contributed by atoms with van der Waals surface area (Å²) < 4.78 is 5.47. The third kappa shape index (κ3) is 6.49. The third-order valence-corrected chi connectivity index (χ3v) is 4.33. The zero-order valence-electron chi connectivity index (χ0n) is 17.0. The molecule has 154 valence electrons. The highest BCUT2D eigenvalue weighted by molar-refractivity contribution is 14.0. The Morgan fingerprint density at radius 3 is 2.66 bits per heavy atom. The summed E-state index contributed by atoms with van der Waals surface area (Å²) in [5, 5.41) is 6.59. The molecule has 0 radical (unpaired) electrons. The fourth-order valence-corrected chi connectivity index (χ4v) is 2.87. The van der Waals surface area contributed by atoms with Crippen LogP contribution in [0.4, 0.5) is 0 Å². The monoisotopic (exact) mass is 505 g/mol. The molecule has 0 aliphatic carbocycles. The molecule has 6 nitrogen and oxygen atoms in total. The van der Waals surface area contributed by atoms with Crippen LogP contribution in [0.3, 0.4) is 0 Å². The average Bonchev–Trinajstić information content (AvgIpc) is 3.20. The second kappa shape index (κ2) is 11.5. The number of ether oxygens (including phenoxy) is 1. The van der Waals surface area contributed by atoms with E-state index < -0.39 is 0 Å². The van der Waals surface area contributed by atoms with Gasteiger partial charge in [0.05, 0.1) is 32.1 Å². The van der Waals surface area contributed by atoms with Crippen molar-refractivity contribution in [3.63, 3.8) is 0 Å². The van der Waals surface area contributed by atoms with Gasteiger partial charge in [-0.15, -0.1) is 24.0 Å².